The molecule has 2 rings (SSSR count). The van der Waals surface area contributed by atoms with Gasteiger partial charge in [0, 0.05) is 5.02 Å². The van der Waals surface area contributed by atoms with Crippen LogP contribution in [0.5, 0.6) is 0 Å². The molecule has 0 nitrogen and oxygen atoms in total. The molecule has 0 bridgehead atoms. The van der Waals surface area contributed by atoms with Gasteiger partial charge < -0.3 is 0 Å². The largest absolute Gasteiger partial charge is 0.0840 e. The van der Waals surface area contributed by atoms with E-state index in [9.17, 15) is 0 Å². The lowest BCUT2D eigenvalue weighted by Gasteiger charge is -2.00. The molecule has 1 aliphatic rings. The van der Waals surface area contributed by atoms with E-state index in [0.29, 0.717) is 0 Å². The summed E-state index contributed by atoms with van der Waals surface area (Å²) < 4.78 is 0. The lowest BCUT2D eigenvalue weighted by Crippen LogP contribution is -1.81. The predicted molar refractivity (Wildman–Crippen MR) is 47.9 cm³/mol. The molecule has 0 saturated heterocycles. The van der Waals surface area contributed by atoms with Gasteiger partial charge in [0.25, 0.3) is 0 Å². The van der Waals surface area contributed by atoms with Crippen LogP contribution in [0.1, 0.15) is 29.9 Å². The summed E-state index contributed by atoms with van der Waals surface area (Å²) in [6.45, 7) is 3.86. The van der Waals surface area contributed by atoms with E-state index in [1.54, 1.807) is 0 Å². The number of rotatable bonds is 1. The fourth-order valence-corrected chi connectivity index (χ4v) is 1.38. The van der Waals surface area contributed by atoms with Gasteiger partial charge in [-0.1, -0.05) is 23.7 Å². The Balaban J connectivity index is 2.36. The molecule has 0 spiro atoms. The van der Waals surface area contributed by atoms with Crippen LogP contribution in [0.15, 0.2) is 18.2 Å². The van der Waals surface area contributed by atoms with Crippen molar-refractivity contribution in [1.29, 1.82) is 0 Å². The molecule has 0 amide bonds. The third-order valence-electron chi connectivity index (χ3n) is 2.12. The molecule has 0 aliphatic heterocycles. The molecule has 0 unspecified atom stereocenters. The molecule has 1 fully saturated rings. The molecule has 1 saturated carbocycles. The van der Waals surface area contributed by atoms with E-state index in [1.165, 1.54) is 18.4 Å². The van der Waals surface area contributed by atoms with Gasteiger partial charge in [-0.2, -0.15) is 0 Å². The Labute approximate surface area is 72.2 Å². The highest BCUT2D eigenvalue weighted by molar-refractivity contribution is 6.31. The van der Waals surface area contributed by atoms with Gasteiger partial charge in [-0.3, -0.25) is 0 Å². The number of halogens is 1. The van der Waals surface area contributed by atoms with Gasteiger partial charge in [0.05, 0.1) is 0 Å². The average Bonchev–Trinajstić information content (AvgIpc) is 2.77. The molecule has 0 aromatic heterocycles. The molecule has 1 radical (unpaired) electrons. The minimum Gasteiger partial charge on any atom is -0.0840 e. The van der Waals surface area contributed by atoms with Crippen LogP contribution in [-0.2, 0) is 0 Å². The summed E-state index contributed by atoms with van der Waals surface area (Å²) in [5, 5.41) is 0.773. The first kappa shape index (κ1) is 7.17. The van der Waals surface area contributed by atoms with E-state index in [-0.39, 0.29) is 0 Å². The normalized spacial score (nSPS) is 16.9. The number of hydrogen-bond donors (Lipinski definition) is 0. The van der Waals surface area contributed by atoms with Crippen LogP contribution in [0.25, 0.3) is 0 Å². The monoisotopic (exact) mass is 165 g/mol. The molecule has 0 N–H and O–H groups in total. The first-order valence-electron chi connectivity index (χ1n) is 3.89. The van der Waals surface area contributed by atoms with Crippen LogP contribution < -0.4 is 0 Å². The first-order chi connectivity index (χ1) is 5.27. The topological polar surface area (TPSA) is 0 Å². The van der Waals surface area contributed by atoms with E-state index in [2.05, 4.69) is 19.1 Å². The van der Waals surface area contributed by atoms with E-state index in [1.807, 2.05) is 6.07 Å². The average molecular weight is 166 g/mol. The van der Waals surface area contributed by atoms with Crippen molar-refractivity contribution in [3.63, 3.8) is 0 Å². The third kappa shape index (κ3) is 1.41. The number of benzene rings is 1. The zero-order valence-electron chi connectivity index (χ0n) is 6.31. The van der Waals surface area contributed by atoms with Crippen LogP contribution in [-0.4, -0.2) is 0 Å². The Bertz CT molecular complexity index is 274. The Kier molecular flexibility index (Phi) is 1.65. The van der Waals surface area contributed by atoms with Gasteiger partial charge in [0.1, 0.15) is 0 Å². The zero-order valence-corrected chi connectivity index (χ0v) is 7.06. The highest BCUT2D eigenvalue weighted by Gasteiger charge is 2.23. The van der Waals surface area contributed by atoms with Gasteiger partial charge in [-0.25, -0.2) is 0 Å². The SMILES string of the molecule is [CH2]c1cc(C2CC2)ccc1Cl. The lowest BCUT2D eigenvalue weighted by atomic mass is 10.1. The van der Waals surface area contributed by atoms with E-state index < -0.39 is 0 Å². The second-order valence-electron chi connectivity index (χ2n) is 3.13. The minimum atomic E-state index is 0.773. The highest BCUT2D eigenvalue weighted by Crippen LogP contribution is 2.40. The van der Waals surface area contributed by atoms with Crippen LogP contribution in [0.2, 0.25) is 5.02 Å². The van der Waals surface area contributed by atoms with Crippen LogP contribution in [0.3, 0.4) is 0 Å². The van der Waals surface area contributed by atoms with Crippen molar-refractivity contribution < 1.29 is 0 Å². The first-order valence-corrected chi connectivity index (χ1v) is 4.26. The standard InChI is InChI=1S/C10H10Cl/c1-7-6-9(8-2-3-8)4-5-10(7)11/h4-6,8H,1-3H2. The molecule has 1 heteroatoms. The highest BCUT2D eigenvalue weighted by atomic mass is 35.5. The molecule has 0 heterocycles. The Morgan fingerprint density at radius 3 is 2.64 bits per heavy atom. The maximum Gasteiger partial charge on any atom is 0.0438 e. The van der Waals surface area contributed by atoms with Crippen LogP contribution in [0.4, 0.5) is 0 Å². The Hall–Kier alpha value is -0.490. The van der Waals surface area contributed by atoms with E-state index in [0.717, 1.165) is 16.5 Å². The van der Waals surface area contributed by atoms with Gasteiger partial charge in [-0.15, -0.1) is 0 Å². The fraction of sp³-hybridized carbons (Fsp3) is 0.300. The summed E-state index contributed by atoms with van der Waals surface area (Å²) in [6.07, 6.45) is 2.67. The lowest BCUT2D eigenvalue weighted by molar-refractivity contribution is 1.13. The summed E-state index contributed by atoms with van der Waals surface area (Å²) in [4.78, 5) is 0. The Morgan fingerprint density at radius 1 is 1.36 bits per heavy atom. The van der Waals surface area contributed by atoms with E-state index >= 15 is 0 Å². The zero-order chi connectivity index (χ0) is 7.84. The van der Waals surface area contributed by atoms with Crippen LogP contribution >= 0.6 is 11.6 Å². The van der Waals surface area contributed by atoms with Crippen molar-refractivity contribution in [2.75, 3.05) is 0 Å². The second kappa shape index (κ2) is 2.53. The van der Waals surface area contributed by atoms with Crippen molar-refractivity contribution >= 4 is 11.6 Å². The molecule has 57 valence electrons. The maximum absolute atomic E-state index is 5.84. The second-order valence-corrected chi connectivity index (χ2v) is 3.53. The van der Waals surface area contributed by atoms with Crippen molar-refractivity contribution in [2.45, 2.75) is 18.8 Å². The molecular formula is C10H10Cl. The van der Waals surface area contributed by atoms with Gasteiger partial charge in [0.15, 0.2) is 0 Å². The minimum absolute atomic E-state index is 0.773. The van der Waals surface area contributed by atoms with Gasteiger partial charge >= 0.3 is 0 Å². The summed E-state index contributed by atoms with van der Waals surface area (Å²) in [6, 6.07) is 6.15. The summed E-state index contributed by atoms with van der Waals surface area (Å²) in [5.74, 6) is 0.799. The Morgan fingerprint density at radius 2 is 2.09 bits per heavy atom. The van der Waals surface area contributed by atoms with E-state index in [4.69, 9.17) is 11.6 Å². The molecule has 1 aliphatic carbocycles. The van der Waals surface area contributed by atoms with Crippen molar-refractivity contribution in [1.82, 2.24) is 0 Å². The number of hydrogen-bond acceptors (Lipinski definition) is 0. The summed E-state index contributed by atoms with van der Waals surface area (Å²) in [7, 11) is 0. The van der Waals surface area contributed by atoms with Gasteiger partial charge in [-0.05, 0) is 42.9 Å². The predicted octanol–water partition coefficient (Wildman–Crippen LogP) is 3.40. The van der Waals surface area contributed by atoms with Crippen molar-refractivity contribution in [2.24, 2.45) is 0 Å². The molecule has 1 aromatic carbocycles. The summed E-state index contributed by atoms with van der Waals surface area (Å²) in [5.41, 5.74) is 2.36. The maximum atomic E-state index is 5.84. The summed E-state index contributed by atoms with van der Waals surface area (Å²) >= 11 is 5.84. The quantitative estimate of drug-likeness (QED) is 0.599. The molecule has 11 heavy (non-hydrogen) atoms. The van der Waals surface area contributed by atoms with Crippen molar-refractivity contribution in [3.8, 4) is 0 Å². The molecule has 0 atom stereocenters. The fourth-order valence-electron chi connectivity index (χ4n) is 1.27. The van der Waals surface area contributed by atoms with Gasteiger partial charge in [0.2, 0.25) is 0 Å². The smallest absolute Gasteiger partial charge is 0.0438 e. The molecular weight excluding hydrogens is 156 g/mol. The molecule has 1 aromatic rings. The third-order valence-corrected chi connectivity index (χ3v) is 2.49. The van der Waals surface area contributed by atoms with Crippen LogP contribution in [0, 0.1) is 6.92 Å². The van der Waals surface area contributed by atoms with Crippen molar-refractivity contribution in [3.05, 3.63) is 41.3 Å².